The van der Waals surface area contributed by atoms with Gasteiger partial charge >= 0.3 is 11.8 Å². The van der Waals surface area contributed by atoms with Gasteiger partial charge in [0.15, 0.2) is 11.5 Å². The van der Waals surface area contributed by atoms with E-state index in [4.69, 9.17) is 21.1 Å². The molecule has 3 aromatic rings. The number of nitrogens with one attached hydrogen (secondary N) is 3. The summed E-state index contributed by atoms with van der Waals surface area (Å²) in [4.78, 5) is 35.4. The molecule has 3 amide bonds. The molecule has 0 radical (unpaired) electrons. The van der Waals surface area contributed by atoms with Crippen LogP contribution in [0.25, 0.3) is 0 Å². The first-order valence-electron chi connectivity index (χ1n) is 10.8. The van der Waals surface area contributed by atoms with Gasteiger partial charge in [0, 0.05) is 34.4 Å². The number of hydrogen-bond donors (Lipinski definition) is 3. The predicted molar refractivity (Wildman–Crippen MR) is 139 cm³/mol. The molecular formula is C26H25ClN4O5. The molecule has 0 saturated carbocycles. The molecule has 10 heteroatoms. The van der Waals surface area contributed by atoms with Gasteiger partial charge < -0.3 is 20.1 Å². The van der Waals surface area contributed by atoms with Crippen molar-refractivity contribution in [1.29, 1.82) is 0 Å². The van der Waals surface area contributed by atoms with Crippen LogP contribution in [-0.4, -0.2) is 30.5 Å². The van der Waals surface area contributed by atoms with E-state index in [0.717, 1.165) is 5.56 Å². The minimum Gasteiger partial charge on any atom is -0.493 e. The van der Waals surface area contributed by atoms with Gasteiger partial charge in [0.25, 0.3) is 0 Å². The summed E-state index contributed by atoms with van der Waals surface area (Å²) in [5.74, 6) is -1.05. The van der Waals surface area contributed by atoms with Crippen LogP contribution in [0.1, 0.15) is 25.0 Å². The van der Waals surface area contributed by atoms with Gasteiger partial charge in [-0.05, 0) is 55.5 Å². The Bertz CT molecular complexity index is 1290. The van der Waals surface area contributed by atoms with Crippen molar-refractivity contribution >= 4 is 46.4 Å². The normalized spacial score (nSPS) is 10.8. The number of methoxy groups -OCH3 is 1. The van der Waals surface area contributed by atoms with E-state index in [1.807, 2.05) is 18.2 Å². The summed E-state index contributed by atoms with van der Waals surface area (Å²) in [7, 11) is 1.52. The molecule has 0 aliphatic carbocycles. The molecule has 0 aliphatic heterocycles. The summed E-state index contributed by atoms with van der Waals surface area (Å²) < 4.78 is 11.3. The lowest BCUT2D eigenvalue weighted by molar-refractivity contribution is -0.136. The van der Waals surface area contributed by atoms with Crippen molar-refractivity contribution in [3.05, 3.63) is 82.9 Å². The molecule has 0 unspecified atom stereocenters. The molecule has 3 N–H and O–H groups in total. The Kier molecular flexibility index (Phi) is 9.01. The largest absolute Gasteiger partial charge is 0.493 e. The highest BCUT2D eigenvalue weighted by atomic mass is 35.5. The standard InChI is InChI=1S/C26H25ClN4O5/c1-16(30-31-26(34)25(33)29-21-11-9-20(10-12-21)28-17(2)32)18-8-13-23(24(14-18)35-3)36-15-19-6-4-5-7-22(19)27/h4-14H,15H2,1-3H3,(H,28,32)(H,29,33)(H,31,34)/b30-16+. The van der Waals surface area contributed by atoms with E-state index < -0.39 is 11.8 Å². The molecule has 9 nitrogen and oxygen atoms in total. The third-order valence-corrected chi connectivity index (χ3v) is 5.29. The molecule has 0 aromatic heterocycles. The van der Waals surface area contributed by atoms with E-state index in [2.05, 4.69) is 21.2 Å². The second-order valence-corrected chi connectivity index (χ2v) is 8.00. The Morgan fingerprint density at radius 1 is 0.861 bits per heavy atom. The highest BCUT2D eigenvalue weighted by Gasteiger charge is 2.14. The van der Waals surface area contributed by atoms with E-state index in [-0.39, 0.29) is 12.5 Å². The maximum atomic E-state index is 12.2. The molecule has 3 rings (SSSR count). The summed E-state index contributed by atoms with van der Waals surface area (Å²) >= 11 is 6.18. The summed E-state index contributed by atoms with van der Waals surface area (Å²) in [5.41, 5.74) is 5.15. The molecule has 0 atom stereocenters. The van der Waals surface area contributed by atoms with Crippen LogP contribution in [0, 0.1) is 0 Å². The van der Waals surface area contributed by atoms with Crippen molar-refractivity contribution in [2.75, 3.05) is 17.7 Å². The number of benzene rings is 3. The van der Waals surface area contributed by atoms with Crippen molar-refractivity contribution < 1.29 is 23.9 Å². The van der Waals surface area contributed by atoms with E-state index in [1.54, 1.807) is 55.5 Å². The van der Waals surface area contributed by atoms with Crippen molar-refractivity contribution in [3.63, 3.8) is 0 Å². The molecule has 0 aliphatic rings. The minimum absolute atomic E-state index is 0.212. The molecule has 0 heterocycles. The first-order chi connectivity index (χ1) is 17.3. The number of amides is 3. The maximum Gasteiger partial charge on any atom is 0.329 e. The van der Waals surface area contributed by atoms with Crippen LogP contribution < -0.4 is 25.5 Å². The summed E-state index contributed by atoms with van der Waals surface area (Å²) in [6.07, 6.45) is 0. The zero-order chi connectivity index (χ0) is 26.1. The second kappa shape index (κ2) is 12.4. The van der Waals surface area contributed by atoms with Gasteiger partial charge in [-0.3, -0.25) is 14.4 Å². The van der Waals surface area contributed by atoms with Crippen LogP contribution in [0.15, 0.2) is 71.8 Å². The van der Waals surface area contributed by atoms with Gasteiger partial charge in [0.05, 0.1) is 12.8 Å². The van der Waals surface area contributed by atoms with Gasteiger partial charge in [-0.1, -0.05) is 29.8 Å². The fourth-order valence-electron chi connectivity index (χ4n) is 3.06. The van der Waals surface area contributed by atoms with Gasteiger partial charge in [-0.2, -0.15) is 5.10 Å². The van der Waals surface area contributed by atoms with Gasteiger partial charge in [0.2, 0.25) is 5.91 Å². The fraction of sp³-hybridized carbons (Fsp3) is 0.154. The van der Waals surface area contributed by atoms with Crippen molar-refractivity contribution in [2.45, 2.75) is 20.5 Å². The zero-order valence-corrected chi connectivity index (χ0v) is 20.7. The number of carbonyl (C=O) groups is 3. The Hall–Kier alpha value is -4.37. The van der Waals surface area contributed by atoms with Gasteiger partial charge in [-0.15, -0.1) is 0 Å². The molecule has 186 valence electrons. The van der Waals surface area contributed by atoms with Crippen molar-refractivity contribution in [3.8, 4) is 11.5 Å². The fourth-order valence-corrected chi connectivity index (χ4v) is 3.25. The van der Waals surface area contributed by atoms with E-state index in [1.165, 1.54) is 14.0 Å². The van der Waals surface area contributed by atoms with E-state index in [0.29, 0.717) is 39.2 Å². The number of halogens is 1. The molecule has 0 spiro atoms. The number of nitrogens with zero attached hydrogens (tertiary/aromatic N) is 1. The molecular weight excluding hydrogens is 484 g/mol. The lowest BCUT2D eigenvalue weighted by Gasteiger charge is -2.13. The van der Waals surface area contributed by atoms with Crippen molar-refractivity contribution in [1.82, 2.24) is 5.43 Å². The highest BCUT2D eigenvalue weighted by Crippen LogP contribution is 2.30. The minimum atomic E-state index is -0.938. The first-order valence-corrected chi connectivity index (χ1v) is 11.2. The summed E-state index contributed by atoms with van der Waals surface area (Å²) in [6, 6.07) is 18.9. The summed E-state index contributed by atoms with van der Waals surface area (Å²) in [6.45, 7) is 3.34. The van der Waals surface area contributed by atoms with Crippen LogP contribution >= 0.6 is 11.6 Å². The number of hydrazone groups is 1. The van der Waals surface area contributed by atoms with Crippen LogP contribution in [0.2, 0.25) is 5.02 Å². The smallest absolute Gasteiger partial charge is 0.329 e. The lowest BCUT2D eigenvalue weighted by Crippen LogP contribution is -2.32. The van der Waals surface area contributed by atoms with Crippen LogP contribution in [0.3, 0.4) is 0 Å². The lowest BCUT2D eigenvalue weighted by atomic mass is 10.1. The number of rotatable bonds is 8. The molecule has 3 aromatic carbocycles. The summed E-state index contributed by atoms with van der Waals surface area (Å²) in [5, 5.41) is 9.70. The average molecular weight is 509 g/mol. The molecule has 0 saturated heterocycles. The van der Waals surface area contributed by atoms with Crippen molar-refractivity contribution in [2.24, 2.45) is 5.10 Å². The van der Waals surface area contributed by atoms with Crippen LogP contribution in [0.4, 0.5) is 11.4 Å². The SMILES string of the molecule is COc1cc(/C(C)=N/NC(=O)C(=O)Nc2ccc(NC(C)=O)cc2)ccc1OCc1ccccc1Cl. The van der Waals surface area contributed by atoms with Gasteiger partial charge in [-0.25, -0.2) is 5.43 Å². The number of hydrogen-bond acceptors (Lipinski definition) is 6. The number of anilines is 2. The van der Waals surface area contributed by atoms with Crippen LogP contribution in [-0.2, 0) is 21.0 Å². The topological polar surface area (TPSA) is 118 Å². The maximum absolute atomic E-state index is 12.2. The zero-order valence-electron chi connectivity index (χ0n) is 19.9. The highest BCUT2D eigenvalue weighted by molar-refractivity contribution is 6.39. The molecule has 0 fully saturated rings. The Morgan fingerprint density at radius 3 is 2.17 bits per heavy atom. The monoisotopic (exact) mass is 508 g/mol. The molecule has 36 heavy (non-hydrogen) atoms. The third kappa shape index (κ3) is 7.31. The Morgan fingerprint density at radius 2 is 1.53 bits per heavy atom. The average Bonchev–Trinajstić information content (AvgIpc) is 2.87. The number of ether oxygens (including phenoxy) is 2. The quantitative estimate of drug-likeness (QED) is 0.237. The van der Waals surface area contributed by atoms with Crippen LogP contribution in [0.5, 0.6) is 11.5 Å². The Labute approximate surface area is 213 Å². The second-order valence-electron chi connectivity index (χ2n) is 7.60. The van der Waals surface area contributed by atoms with E-state index >= 15 is 0 Å². The Balaban J connectivity index is 1.59. The first kappa shape index (κ1) is 26.2. The predicted octanol–water partition coefficient (Wildman–Crippen LogP) is 4.36. The third-order valence-electron chi connectivity index (χ3n) is 4.92. The molecule has 0 bridgehead atoms. The number of carbonyl (C=O) groups excluding carboxylic acids is 3. The van der Waals surface area contributed by atoms with Gasteiger partial charge in [0.1, 0.15) is 6.61 Å². The van der Waals surface area contributed by atoms with E-state index in [9.17, 15) is 14.4 Å².